The highest BCUT2D eigenvalue weighted by molar-refractivity contribution is 6.31. The third-order valence-electron chi connectivity index (χ3n) is 3.66. The van der Waals surface area contributed by atoms with Crippen molar-refractivity contribution in [3.63, 3.8) is 0 Å². The number of esters is 1. The fraction of sp³-hybridized carbons (Fsp3) is 0. The largest absolute Gasteiger partial charge is 0.422 e. The third-order valence-corrected chi connectivity index (χ3v) is 4.15. The zero-order chi connectivity index (χ0) is 19.9. The van der Waals surface area contributed by atoms with E-state index in [1.165, 1.54) is 12.3 Å². The van der Waals surface area contributed by atoms with E-state index in [1.807, 2.05) is 0 Å². The van der Waals surface area contributed by atoms with Crippen LogP contribution in [-0.2, 0) is 0 Å². The van der Waals surface area contributed by atoms with Crippen LogP contribution in [0.1, 0.15) is 26.3 Å². The number of ether oxygens (including phenoxy) is 1. The molecule has 0 saturated heterocycles. The molecule has 3 aromatic carbocycles. The van der Waals surface area contributed by atoms with E-state index in [4.69, 9.17) is 27.9 Å². The van der Waals surface area contributed by atoms with Gasteiger partial charge in [0.2, 0.25) is 0 Å². The highest BCUT2D eigenvalue weighted by Gasteiger charge is 2.11. The van der Waals surface area contributed by atoms with Crippen LogP contribution in [-0.4, -0.2) is 18.1 Å². The molecule has 1 amide bonds. The second-order valence-corrected chi connectivity index (χ2v) is 6.52. The number of benzene rings is 3. The molecule has 0 aliphatic heterocycles. The summed E-state index contributed by atoms with van der Waals surface area (Å²) in [6, 6.07) is 19.7. The molecular formula is C21H14Cl2N2O3. The Morgan fingerprint density at radius 2 is 1.61 bits per heavy atom. The van der Waals surface area contributed by atoms with E-state index >= 15 is 0 Å². The van der Waals surface area contributed by atoms with Crippen molar-refractivity contribution in [2.75, 3.05) is 0 Å². The molecule has 0 saturated carbocycles. The number of amides is 1. The molecule has 3 aromatic rings. The van der Waals surface area contributed by atoms with Crippen molar-refractivity contribution in [2.45, 2.75) is 0 Å². The maximum absolute atomic E-state index is 12.3. The number of hydrogen-bond donors (Lipinski definition) is 1. The Balaban J connectivity index is 1.69. The van der Waals surface area contributed by atoms with Gasteiger partial charge in [0.1, 0.15) is 5.75 Å². The normalized spacial score (nSPS) is 10.6. The standard InChI is InChI=1S/C21H14Cl2N2O3/c22-17-10-8-14(9-11-17)21(27)28-19-7-2-1-4-16(19)13-24-25-20(26)15-5-3-6-18(23)12-15/h1-13H,(H,25,26)/b24-13-. The third kappa shape index (κ3) is 5.19. The summed E-state index contributed by atoms with van der Waals surface area (Å²) in [5, 5.41) is 4.91. The number of nitrogens with one attached hydrogen (secondary N) is 1. The first-order valence-corrected chi connectivity index (χ1v) is 8.94. The van der Waals surface area contributed by atoms with Crippen LogP contribution in [0.5, 0.6) is 5.75 Å². The Hall–Kier alpha value is -3.15. The van der Waals surface area contributed by atoms with Crippen LogP contribution in [0.3, 0.4) is 0 Å². The molecule has 0 heterocycles. The monoisotopic (exact) mass is 412 g/mol. The number of para-hydroxylation sites is 1. The van der Waals surface area contributed by atoms with E-state index in [0.29, 0.717) is 32.5 Å². The average molecular weight is 413 g/mol. The van der Waals surface area contributed by atoms with Gasteiger partial charge in [-0.25, -0.2) is 10.2 Å². The summed E-state index contributed by atoms with van der Waals surface area (Å²) >= 11 is 11.7. The number of rotatable bonds is 5. The Bertz CT molecular complexity index is 1030. The van der Waals surface area contributed by atoms with Crippen molar-refractivity contribution in [1.82, 2.24) is 5.43 Å². The Labute approximate surface area is 171 Å². The van der Waals surface area contributed by atoms with E-state index in [9.17, 15) is 9.59 Å². The van der Waals surface area contributed by atoms with Gasteiger partial charge < -0.3 is 4.74 Å². The molecule has 7 heteroatoms. The number of carbonyl (C=O) groups is 2. The molecule has 0 aliphatic carbocycles. The number of halogens is 2. The topological polar surface area (TPSA) is 67.8 Å². The van der Waals surface area contributed by atoms with Gasteiger partial charge in [0.25, 0.3) is 5.91 Å². The first-order valence-electron chi connectivity index (χ1n) is 8.19. The zero-order valence-electron chi connectivity index (χ0n) is 14.4. The molecule has 5 nitrogen and oxygen atoms in total. The number of nitrogens with zero attached hydrogens (tertiary/aromatic N) is 1. The maximum atomic E-state index is 12.3. The van der Waals surface area contributed by atoms with Gasteiger partial charge in [-0.2, -0.15) is 5.10 Å². The summed E-state index contributed by atoms with van der Waals surface area (Å²) < 4.78 is 5.43. The van der Waals surface area contributed by atoms with Gasteiger partial charge in [-0.1, -0.05) is 41.4 Å². The minimum Gasteiger partial charge on any atom is -0.422 e. The van der Waals surface area contributed by atoms with Crippen molar-refractivity contribution in [1.29, 1.82) is 0 Å². The van der Waals surface area contributed by atoms with E-state index in [-0.39, 0.29) is 0 Å². The summed E-state index contributed by atoms with van der Waals surface area (Å²) in [6.45, 7) is 0. The quantitative estimate of drug-likeness (QED) is 0.278. The van der Waals surface area contributed by atoms with E-state index in [2.05, 4.69) is 10.5 Å². The second kappa shape index (κ2) is 9.17. The minimum atomic E-state index is -0.527. The van der Waals surface area contributed by atoms with Crippen LogP contribution in [0.25, 0.3) is 0 Å². The number of hydrazone groups is 1. The predicted molar refractivity (Wildman–Crippen MR) is 109 cm³/mol. The molecule has 0 unspecified atom stereocenters. The Morgan fingerprint density at radius 3 is 2.36 bits per heavy atom. The Morgan fingerprint density at radius 1 is 0.857 bits per heavy atom. The van der Waals surface area contributed by atoms with E-state index in [1.54, 1.807) is 66.7 Å². The number of hydrogen-bond acceptors (Lipinski definition) is 4. The van der Waals surface area contributed by atoms with E-state index < -0.39 is 11.9 Å². The van der Waals surface area contributed by atoms with Gasteiger partial charge in [0.15, 0.2) is 0 Å². The van der Waals surface area contributed by atoms with Crippen LogP contribution in [0.4, 0.5) is 0 Å². The van der Waals surface area contributed by atoms with Gasteiger partial charge in [0, 0.05) is 21.2 Å². The maximum Gasteiger partial charge on any atom is 0.343 e. The molecule has 0 radical (unpaired) electrons. The molecule has 140 valence electrons. The molecule has 0 atom stereocenters. The van der Waals surface area contributed by atoms with Crippen LogP contribution in [0, 0.1) is 0 Å². The summed E-state index contributed by atoms with van der Waals surface area (Å²) in [6.07, 6.45) is 1.40. The van der Waals surface area contributed by atoms with Gasteiger partial charge in [-0.3, -0.25) is 4.79 Å². The average Bonchev–Trinajstić information content (AvgIpc) is 2.69. The van der Waals surface area contributed by atoms with E-state index in [0.717, 1.165) is 0 Å². The summed E-state index contributed by atoms with van der Waals surface area (Å²) in [5.74, 6) is -0.627. The minimum absolute atomic E-state index is 0.309. The fourth-order valence-electron chi connectivity index (χ4n) is 2.28. The summed E-state index contributed by atoms with van der Waals surface area (Å²) in [4.78, 5) is 24.4. The van der Waals surface area contributed by atoms with Crippen LogP contribution < -0.4 is 10.2 Å². The van der Waals surface area contributed by atoms with Gasteiger partial charge in [-0.05, 0) is 54.6 Å². The first kappa shape index (κ1) is 19.6. The lowest BCUT2D eigenvalue weighted by molar-refractivity contribution is 0.0734. The molecule has 0 spiro atoms. The molecule has 28 heavy (non-hydrogen) atoms. The molecule has 0 bridgehead atoms. The first-order chi connectivity index (χ1) is 13.5. The van der Waals surface area contributed by atoms with Gasteiger partial charge in [0.05, 0.1) is 11.8 Å². The zero-order valence-corrected chi connectivity index (χ0v) is 15.9. The highest BCUT2D eigenvalue weighted by Crippen LogP contribution is 2.18. The second-order valence-electron chi connectivity index (χ2n) is 5.64. The summed E-state index contributed by atoms with van der Waals surface area (Å²) in [7, 11) is 0. The smallest absolute Gasteiger partial charge is 0.343 e. The molecule has 0 fully saturated rings. The van der Waals surface area contributed by atoms with Gasteiger partial charge in [-0.15, -0.1) is 0 Å². The predicted octanol–water partition coefficient (Wildman–Crippen LogP) is 4.98. The van der Waals surface area contributed by atoms with Crippen molar-refractivity contribution in [3.8, 4) is 5.75 Å². The fourth-order valence-corrected chi connectivity index (χ4v) is 2.60. The van der Waals surface area contributed by atoms with Gasteiger partial charge >= 0.3 is 5.97 Å². The Kier molecular flexibility index (Phi) is 6.42. The SMILES string of the molecule is O=C(N/N=C\c1ccccc1OC(=O)c1ccc(Cl)cc1)c1cccc(Cl)c1. The van der Waals surface area contributed by atoms with Crippen LogP contribution in [0.15, 0.2) is 77.9 Å². The van der Waals surface area contributed by atoms with Crippen LogP contribution in [0.2, 0.25) is 10.0 Å². The van der Waals surface area contributed by atoms with Crippen molar-refractivity contribution in [2.24, 2.45) is 5.10 Å². The number of carbonyl (C=O) groups excluding carboxylic acids is 2. The molecule has 3 rings (SSSR count). The molecule has 0 aliphatic rings. The highest BCUT2D eigenvalue weighted by atomic mass is 35.5. The summed E-state index contributed by atoms with van der Waals surface area (Å²) in [5.41, 5.74) is 3.68. The molecular weight excluding hydrogens is 399 g/mol. The molecule has 1 N–H and O–H groups in total. The van der Waals surface area contributed by atoms with Crippen molar-refractivity contribution in [3.05, 3.63) is 99.5 Å². The lowest BCUT2D eigenvalue weighted by Gasteiger charge is -2.07. The van der Waals surface area contributed by atoms with Crippen LogP contribution >= 0.6 is 23.2 Å². The molecule has 0 aromatic heterocycles. The lowest BCUT2D eigenvalue weighted by Crippen LogP contribution is -2.17. The van der Waals surface area contributed by atoms with Crippen molar-refractivity contribution >= 4 is 41.3 Å². The van der Waals surface area contributed by atoms with Crippen molar-refractivity contribution < 1.29 is 14.3 Å². The lowest BCUT2D eigenvalue weighted by atomic mass is 10.2.